The van der Waals surface area contributed by atoms with Crippen molar-refractivity contribution in [1.29, 1.82) is 0 Å². The molecule has 1 aliphatic rings. The first-order valence-electron chi connectivity index (χ1n) is 8.06. The van der Waals surface area contributed by atoms with E-state index in [1.165, 1.54) is 18.0 Å². The molecule has 0 aromatic heterocycles. The highest BCUT2D eigenvalue weighted by atomic mass is 32.2. The van der Waals surface area contributed by atoms with E-state index in [0.29, 0.717) is 16.2 Å². The highest BCUT2D eigenvalue weighted by molar-refractivity contribution is 8.18. The average Bonchev–Trinajstić information content (AvgIpc) is 2.90. The van der Waals surface area contributed by atoms with Crippen molar-refractivity contribution < 1.29 is 23.1 Å². The zero-order valence-electron chi connectivity index (χ0n) is 14.7. The maximum Gasteiger partial charge on any atom is 0.266 e. The number of carbonyl (C=O) groups excluding carboxylic acids is 2. The Morgan fingerprint density at radius 1 is 1.29 bits per heavy atom. The Labute approximate surface area is 163 Å². The van der Waals surface area contributed by atoms with Gasteiger partial charge in [0.15, 0.2) is 17.6 Å². The molecular weight excluding hydrogens is 388 g/mol. The fourth-order valence-electron chi connectivity index (χ4n) is 2.33. The van der Waals surface area contributed by atoms with Gasteiger partial charge in [0.2, 0.25) is 0 Å². The standard InChI is InChI=1S/C19H15F2N3O3S/c1-24-18(26)16(8-11-3-2-4-13(7-11)27-10-17(22)25)28-19(24)23-15-6-5-12(20)9-14(15)21/h2-9H,10H2,1H3,(H2,22,25)/b16-8-,23-19?. The molecule has 28 heavy (non-hydrogen) atoms. The fourth-order valence-corrected chi connectivity index (χ4v) is 3.31. The lowest BCUT2D eigenvalue weighted by Gasteiger charge is -2.07. The van der Waals surface area contributed by atoms with Crippen molar-refractivity contribution in [3.8, 4) is 5.75 Å². The van der Waals surface area contributed by atoms with Gasteiger partial charge in [-0.25, -0.2) is 13.8 Å². The molecule has 2 N–H and O–H groups in total. The number of nitrogens with zero attached hydrogens (tertiary/aromatic N) is 2. The summed E-state index contributed by atoms with van der Waals surface area (Å²) < 4.78 is 32.1. The van der Waals surface area contributed by atoms with Crippen molar-refractivity contribution in [2.75, 3.05) is 13.7 Å². The molecule has 0 aliphatic carbocycles. The van der Waals surface area contributed by atoms with E-state index in [9.17, 15) is 18.4 Å². The Morgan fingerprint density at radius 3 is 2.79 bits per heavy atom. The molecule has 0 saturated carbocycles. The van der Waals surface area contributed by atoms with Gasteiger partial charge < -0.3 is 10.5 Å². The van der Waals surface area contributed by atoms with E-state index in [4.69, 9.17) is 10.5 Å². The summed E-state index contributed by atoms with van der Waals surface area (Å²) in [6, 6.07) is 9.81. The van der Waals surface area contributed by atoms with E-state index in [1.807, 2.05) is 0 Å². The summed E-state index contributed by atoms with van der Waals surface area (Å²) in [4.78, 5) is 29.0. The highest BCUT2D eigenvalue weighted by Crippen LogP contribution is 2.34. The van der Waals surface area contributed by atoms with Crippen LogP contribution < -0.4 is 10.5 Å². The predicted molar refractivity (Wildman–Crippen MR) is 103 cm³/mol. The summed E-state index contributed by atoms with van der Waals surface area (Å²) in [7, 11) is 1.52. The first-order chi connectivity index (χ1) is 13.3. The van der Waals surface area contributed by atoms with Crippen LogP contribution in [-0.4, -0.2) is 35.5 Å². The van der Waals surface area contributed by atoms with E-state index < -0.39 is 17.5 Å². The number of rotatable bonds is 5. The lowest BCUT2D eigenvalue weighted by molar-refractivity contribution is -0.121. The van der Waals surface area contributed by atoms with Gasteiger partial charge in [0, 0.05) is 13.1 Å². The van der Waals surface area contributed by atoms with E-state index in [0.717, 1.165) is 23.9 Å². The highest BCUT2D eigenvalue weighted by Gasteiger charge is 2.30. The van der Waals surface area contributed by atoms with Gasteiger partial charge in [-0.2, -0.15) is 0 Å². The number of nitrogens with two attached hydrogens (primary N) is 1. The second kappa shape index (κ2) is 8.22. The number of likely N-dealkylation sites (N-methyl/N-ethyl adjacent to an activating group) is 1. The summed E-state index contributed by atoms with van der Waals surface area (Å²) in [5, 5.41) is 0.267. The van der Waals surface area contributed by atoms with Crippen LogP contribution in [0.1, 0.15) is 5.56 Å². The lowest BCUT2D eigenvalue weighted by Crippen LogP contribution is -2.23. The van der Waals surface area contributed by atoms with Crippen LogP contribution in [0.5, 0.6) is 5.75 Å². The Balaban J connectivity index is 1.84. The van der Waals surface area contributed by atoms with Crippen molar-refractivity contribution in [1.82, 2.24) is 4.90 Å². The Kier molecular flexibility index (Phi) is 5.74. The molecule has 1 heterocycles. The van der Waals surface area contributed by atoms with Crippen molar-refractivity contribution >= 4 is 40.5 Å². The molecule has 0 radical (unpaired) electrons. The molecular formula is C19H15F2N3O3S. The number of hydrogen-bond donors (Lipinski definition) is 1. The zero-order chi connectivity index (χ0) is 20.3. The summed E-state index contributed by atoms with van der Waals surface area (Å²) in [5.74, 6) is -2.00. The van der Waals surface area contributed by atoms with Gasteiger partial charge in [-0.15, -0.1) is 0 Å². The molecule has 6 nitrogen and oxygen atoms in total. The van der Waals surface area contributed by atoms with Crippen LogP contribution in [0.25, 0.3) is 6.08 Å². The molecule has 0 bridgehead atoms. The third kappa shape index (κ3) is 4.55. The summed E-state index contributed by atoms with van der Waals surface area (Å²) in [5.41, 5.74) is 5.66. The largest absolute Gasteiger partial charge is 0.484 e. The van der Waals surface area contributed by atoms with E-state index in [-0.39, 0.29) is 23.4 Å². The Hall–Kier alpha value is -3.20. The molecule has 0 atom stereocenters. The zero-order valence-corrected chi connectivity index (χ0v) is 15.5. The molecule has 2 amide bonds. The van der Waals surface area contributed by atoms with Gasteiger partial charge in [-0.05, 0) is 47.7 Å². The van der Waals surface area contributed by atoms with Gasteiger partial charge >= 0.3 is 0 Å². The maximum atomic E-state index is 13.8. The molecule has 9 heteroatoms. The molecule has 2 aromatic rings. The monoisotopic (exact) mass is 403 g/mol. The summed E-state index contributed by atoms with van der Waals surface area (Å²) in [6.07, 6.45) is 1.63. The number of amidine groups is 1. The molecule has 0 spiro atoms. The minimum Gasteiger partial charge on any atom is -0.484 e. The van der Waals surface area contributed by atoms with Crippen molar-refractivity contribution in [3.63, 3.8) is 0 Å². The van der Waals surface area contributed by atoms with E-state index in [2.05, 4.69) is 4.99 Å². The second-order valence-corrected chi connectivity index (χ2v) is 6.80. The van der Waals surface area contributed by atoms with Crippen LogP contribution in [0.15, 0.2) is 52.4 Å². The number of benzene rings is 2. The van der Waals surface area contributed by atoms with Gasteiger partial charge in [0.25, 0.3) is 11.8 Å². The molecule has 0 unspecified atom stereocenters. The Morgan fingerprint density at radius 2 is 2.07 bits per heavy atom. The Bertz CT molecular complexity index is 1010. The number of amides is 2. The van der Waals surface area contributed by atoms with Crippen LogP contribution in [0.3, 0.4) is 0 Å². The maximum absolute atomic E-state index is 13.8. The molecule has 144 valence electrons. The van der Waals surface area contributed by atoms with Crippen LogP contribution >= 0.6 is 11.8 Å². The van der Waals surface area contributed by atoms with Crippen molar-refractivity contribution in [3.05, 3.63) is 64.6 Å². The number of thioether (sulfide) groups is 1. The topological polar surface area (TPSA) is 85.0 Å². The summed E-state index contributed by atoms with van der Waals surface area (Å²) >= 11 is 1.07. The van der Waals surface area contributed by atoms with Gasteiger partial charge in [-0.3, -0.25) is 14.5 Å². The summed E-state index contributed by atoms with van der Waals surface area (Å²) in [6.45, 7) is -0.253. The van der Waals surface area contributed by atoms with E-state index in [1.54, 1.807) is 30.3 Å². The fraction of sp³-hybridized carbons (Fsp3) is 0.105. The van der Waals surface area contributed by atoms with Gasteiger partial charge in [-0.1, -0.05) is 12.1 Å². The number of hydrogen-bond acceptors (Lipinski definition) is 5. The second-order valence-electron chi connectivity index (χ2n) is 5.79. The molecule has 2 aromatic carbocycles. The van der Waals surface area contributed by atoms with Crippen LogP contribution in [-0.2, 0) is 9.59 Å². The van der Waals surface area contributed by atoms with Crippen molar-refractivity contribution in [2.24, 2.45) is 10.7 Å². The SMILES string of the molecule is CN1C(=O)/C(=C/c2cccc(OCC(N)=O)c2)SC1=Nc1ccc(F)cc1F. The molecule has 1 saturated heterocycles. The quantitative estimate of drug-likeness (QED) is 0.778. The number of ether oxygens (including phenoxy) is 1. The first kappa shape index (κ1) is 19.6. The predicted octanol–water partition coefficient (Wildman–Crippen LogP) is 3.06. The molecule has 1 fully saturated rings. The lowest BCUT2D eigenvalue weighted by atomic mass is 10.2. The van der Waals surface area contributed by atoms with Crippen molar-refractivity contribution in [2.45, 2.75) is 0 Å². The van der Waals surface area contributed by atoms with Crippen LogP contribution in [0.4, 0.5) is 14.5 Å². The number of aliphatic imine (C=N–C) groups is 1. The van der Waals surface area contributed by atoms with Gasteiger partial charge in [0.1, 0.15) is 17.3 Å². The molecule has 1 aliphatic heterocycles. The van der Waals surface area contributed by atoms with E-state index >= 15 is 0 Å². The first-order valence-corrected chi connectivity index (χ1v) is 8.87. The number of primary amides is 1. The van der Waals surface area contributed by atoms with Crippen LogP contribution in [0.2, 0.25) is 0 Å². The van der Waals surface area contributed by atoms with Gasteiger partial charge in [0.05, 0.1) is 4.91 Å². The normalized spacial score (nSPS) is 16.8. The third-order valence-corrected chi connectivity index (χ3v) is 4.73. The average molecular weight is 403 g/mol. The number of halogens is 2. The van der Waals surface area contributed by atoms with Crippen LogP contribution in [0, 0.1) is 11.6 Å². The molecule has 3 rings (SSSR count). The third-order valence-electron chi connectivity index (χ3n) is 3.67. The minimum absolute atomic E-state index is 0.0633. The smallest absolute Gasteiger partial charge is 0.266 e. The minimum atomic E-state index is -0.814. The number of carbonyl (C=O) groups is 2.